The summed E-state index contributed by atoms with van der Waals surface area (Å²) < 4.78 is 0. The van der Waals surface area contributed by atoms with Crippen LogP contribution in [-0.2, 0) is 0 Å². The predicted octanol–water partition coefficient (Wildman–Crippen LogP) is 3.55. The maximum absolute atomic E-state index is 9.93. The molecular formula is C16H31O2P. The number of hydrogen-bond donors (Lipinski definition) is 2. The van der Waals surface area contributed by atoms with Crippen LogP contribution in [0, 0.1) is 11.8 Å². The average molecular weight is 286 g/mol. The number of aliphatic hydroxyl groups is 2. The van der Waals surface area contributed by atoms with Gasteiger partial charge in [0.15, 0.2) is 0 Å². The summed E-state index contributed by atoms with van der Waals surface area (Å²) >= 11 is 0. The van der Waals surface area contributed by atoms with Crippen LogP contribution in [0.15, 0.2) is 0 Å². The molecular weight excluding hydrogens is 255 g/mol. The second kappa shape index (κ2) is 6.87. The lowest BCUT2D eigenvalue weighted by molar-refractivity contribution is 0.153. The van der Waals surface area contributed by atoms with Gasteiger partial charge in [-0.1, -0.05) is 20.3 Å². The highest BCUT2D eigenvalue weighted by atomic mass is 31.1. The third kappa shape index (κ3) is 3.34. The van der Waals surface area contributed by atoms with E-state index in [-0.39, 0.29) is 12.2 Å². The first-order chi connectivity index (χ1) is 9.12. The Morgan fingerprint density at radius 3 is 1.79 bits per heavy atom. The molecule has 0 aliphatic heterocycles. The van der Waals surface area contributed by atoms with Gasteiger partial charge < -0.3 is 10.2 Å². The highest BCUT2D eigenvalue weighted by molar-refractivity contribution is 7.40. The van der Waals surface area contributed by atoms with Crippen LogP contribution >= 0.6 is 8.58 Å². The molecule has 0 amide bonds. The quantitative estimate of drug-likeness (QED) is 0.733. The van der Waals surface area contributed by atoms with E-state index in [2.05, 4.69) is 13.8 Å². The van der Waals surface area contributed by atoms with Gasteiger partial charge in [-0.25, -0.2) is 0 Å². The molecule has 0 aromatic rings. The molecule has 0 spiro atoms. The van der Waals surface area contributed by atoms with Gasteiger partial charge in [0.2, 0.25) is 0 Å². The molecule has 3 heteroatoms. The van der Waals surface area contributed by atoms with Crippen molar-refractivity contribution in [2.45, 2.75) is 82.6 Å². The van der Waals surface area contributed by atoms with Crippen molar-refractivity contribution in [2.75, 3.05) is 6.16 Å². The second-order valence-corrected chi connectivity index (χ2v) is 8.43. The molecule has 2 nitrogen and oxygen atoms in total. The summed E-state index contributed by atoms with van der Waals surface area (Å²) in [5.74, 6) is 1.40. The first-order valence-electron chi connectivity index (χ1n) is 8.23. The number of rotatable bonds is 6. The molecule has 2 aliphatic rings. The van der Waals surface area contributed by atoms with Crippen LogP contribution in [-0.4, -0.2) is 33.7 Å². The summed E-state index contributed by atoms with van der Waals surface area (Å²) in [5, 5.41) is 20.3. The molecule has 0 aromatic carbocycles. The van der Waals surface area contributed by atoms with Gasteiger partial charge in [-0.3, -0.25) is 0 Å². The standard InChI is InChI=1S/C16H31O2P/c1-3-9-19-16(4-2,12-5-7-14(17)10-12)13-6-8-15(18)11-13/h12-15,17-19H,3-11H2,1-2H3. The molecule has 0 heterocycles. The van der Waals surface area contributed by atoms with E-state index in [4.69, 9.17) is 0 Å². The van der Waals surface area contributed by atoms with Crippen LogP contribution in [0.4, 0.5) is 0 Å². The van der Waals surface area contributed by atoms with E-state index in [1.54, 1.807) is 0 Å². The van der Waals surface area contributed by atoms with Crippen molar-refractivity contribution in [3.8, 4) is 0 Å². The SMILES string of the molecule is CCCPC(CC)(C1CCC(O)C1)C1CCC(O)C1. The Morgan fingerprint density at radius 2 is 1.47 bits per heavy atom. The highest BCUT2D eigenvalue weighted by Gasteiger charge is 2.47. The van der Waals surface area contributed by atoms with Crippen molar-refractivity contribution >= 4 is 8.58 Å². The number of aliphatic hydroxyl groups excluding tert-OH is 2. The van der Waals surface area contributed by atoms with Gasteiger partial charge in [-0.05, 0) is 68.1 Å². The second-order valence-electron chi connectivity index (χ2n) is 6.65. The molecule has 5 unspecified atom stereocenters. The van der Waals surface area contributed by atoms with Crippen LogP contribution in [0.2, 0.25) is 0 Å². The van der Waals surface area contributed by atoms with Gasteiger partial charge in [-0.15, -0.1) is 8.58 Å². The minimum atomic E-state index is -0.0614. The van der Waals surface area contributed by atoms with Crippen LogP contribution in [0.25, 0.3) is 0 Å². The summed E-state index contributed by atoms with van der Waals surface area (Å²) in [6.07, 6.45) is 10.1. The van der Waals surface area contributed by atoms with E-state index in [0.717, 1.165) is 34.3 Å². The minimum Gasteiger partial charge on any atom is -0.393 e. The van der Waals surface area contributed by atoms with Gasteiger partial charge >= 0.3 is 0 Å². The first-order valence-corrected chi connectivity index (χ1v) is 9.44. The smallest absolute Gasteiger partial charge is 0.0543 e. The molecule has 112 valence electrons. The van der Waals surface area contributed by atoms with Crippen molar-refractivity contribution in [3.05, 3.63) is 0 Å². The monoisotopic (exact) mass is 286 g/mol. The molecule has 2 saturated carbocycles. The molecule has 2 rings (SSSR count). The van der Waals surface area contributed by atoms with Crippen molar-refractivity contribution < 1.29 is 10.2 Å². The molecule has 0 aromatic heterocycles. The Hall–Kier alpha value is 0.350. The zero-order chi connectivity index (χ0) is 13.9. The molecule has 2 N–H and O–H groups in total. The Kier molecular flexibility index (Phi) is 5.69. The van der Waals surface area contributed by atoms with Crippen molar-refractivity contribution in [3.63, 3.8) is 0 Å². The van der Waals surface area contributed by atoms with Gasteiger partial charge in [0.05, 0.1) is 12.2 Å². The lowest BCUT2D eigenvalue weighted by atomic mass is 9.76. The maximum Gasteiger partial charge on any atom is 0.0543 e. The molecule has 19 heavy (non-hydrogen) atoms. The summed E-state index contributed by atoms with van der Waals surface area (Å²) in [6.45, 7) is 4.62. The van der Waals surface area contributed by atoms with Gasteiger partial charge in [0.1, 0.15) is 0 Å². The van der Waals surface area contributed by atoms with E-state index in [1.807, 2.05) is 0 Å². The zero-order valence-corrected chi connectivity index (χ0v) is 13.6. The average Bonchev–Trinajstić information content (AvgIpc) is 3.01. The van der Waals surface area contributed by atoms with Gasteiger partial charge in [0.25, 0.3) is 0 Å². The van der Waals surface area contributed by atoms with Crippen LogP contribution in [0.1, 0.15) is 65.2 Å². The van der Waals surface area contributed by atoms with Crippen LogP contribution in [0.5, 0.6) is 0 Å². The topological polar surface area (TPSA) is 40.5 Å². The Morgan fingerprint density at radius 1 is 0.947 bits per heavy atom. The van der Waals surface area contributed by atoms with Gasteiger partial charge in [0, 0.05) is 0 Å². The first kappa shape index (κ1) is 15.7. The summed E-state index contributed by atoms with van der Waals surface area (Å²) in [7, 11) is 1.02. The largest absolute Gasteiger partial charge is 0.393 e. The van der Waals surface area contributed by atoms with Crippen molar-refractivity contribution in [1.82, 2.24) is 0 Å². The zero-order valence-electron chi connectivity index (χ0n) is 12.6. The summed E-state index contributed by atoms with van der Waals surface area (Å²) in [6, 6.07) is 0. The lowest BCUT2D eigenvalue weighted by Crippen LogP contribution is -2.39. The molecule has 0 radical (unpaired) electrons. The fourth-order valence-corrected chi connectivity index (χ4v) is 6.60. The molecule has 2 fully saturated rings. The third-order valence-corrected chi connectivity index (χ3v) is 8.13. The number of hydrogen-bond acceptors (Lipinski definition) is 2. The maximum atomic E-state index is 9.93. The van der Waals surface area contributed by atoms with Crippen LogP contribution in [0.3, 0.4) is 0 Å². The molecule has 0 saturated heterocycles. The lowest BCUT2D eigenvalue weighted by Gasteiger charge is -2.44. The fourth-order valence-electron chi connectivity index (χ4n) is 4.53. The van der Waals surface area contributed by atoms with Crippen molar-refractivity contribution in [1.29, 1.82) is 0 Å². The summed E-state index contributed by atoms with van der Waals surface area (Å²) in [4.78, 5) is 0. The molecule has 2 aliphatic carbocycles. The fraction of sp³-hybridized carbons (Fsp3) is 1.00. The third-order valence-electron chi connectivity index (χ3n) is 5.56. The van der Waals surface area contributed by atoms with E-state index in [0.29, 0.717) is 17.0 Å². The van der Waals surface area contributed by atoms with E-state index in [9.17, 15) is 10.2 Å². The van der Waals surface area contributed by atoms with E-state index < -0.39 is 0 Å². The van der Waals surface area contributed by atoms with Crippen molar-refractivity contribution in [2.24, 2.45) is 11.8 Å². The Balaban J connectivity index is 2.14. The molecule has 5 atom stereocenters. The van der Waals surface area contributed by atoms with E-state index in [1.165, 1.54) is 31.8 Å². The highest BCUT2D eigenvalue weighted by Crippen LogP contribution is 2.56. The van der Waals surface area contributed by atoms with Gasteiger partial charge in [-0.2, -0.15) is 0 Å². The molecule has 0 bridgehead atoms. The van der Waals surface area contributed by atoms with E-state index >= 15 is 0 Å². The Labute approximate surface area is 120 Å². The minimum absolute atomic E-state index is 0.0614. The summed E-state index contributed by atoms with van der Waals surface area (Å²) in [5.41, 5.74) is 0. The predicted molar refractivity (Wildman–Crippen MR) is 83.2 cm³/mol. The Bertz CT molecular complexity index is 262. The normalized spacial score (nSPS) is 39.2. The van der Waals surface area contributed by atoms with Crippen LogP contribution < -0.4 is 0 Å².